The first-order valence-electron chi connectivity index (χ1n) is 12.1. The van der Waals surface area contributed by atoms with E-state index in [0.717, 1.165) is 64.2 Å². The molecule has 0 aliphatic heterocycles. The van der Waals surface area contributed by atoms with Gasteiger partial charge in [0, 0.05) is 11.1 Å². The molecule has 0 aromatic carbocycles. The Kier molecular flexibility index (Phi) is 15.9. The largest absolute Gasteiger partial charge is 0.369 e. The maximum atomic E-state index is 12.3. The predicted octanol–water partition coefficient (Wildman–Crippen LogP) is 4.75. The molecule has 2 N–H and O–H groups in total. The molecule has 0 heterocycles. The van der Waals surface area contributed by atoms with Crippen LogP contribution < -0.4 is 10.6 Å². The summed E-state index contributed by atoms with van der Waals surface area (Å²) in [6, 6.07) is 0. The van der Waals surface area contributed by atoms with Gasteiger partial charge in [0.15, 0.2) is 0 Å². The van der Waals surface area contributed by atoms with Gasteiger partial charge in [-0.05, 0) is 38.5 Å². The molecule has 2 amide bonds. The van der Waals surface area contributed by atoms with Crippen LogP contribution >= 0.6 is 0 Å². The number of ether oxygens (including phenoxy) is 2. The highest BCUT2D eigenvalue weighted by Gasteiger charge is 2.29. The standard InChI is InChI=1S/C24H48N2O4/c1-7-13-23(11-5,14-8-2)25-21(27)19-29-17-18-30-20-22(28)26-24(12-6,15-9-3)16-10-4/h7-20H2,1-6H3,(H,25,27)(H,26,28). The van der Waals surface area contributed by atoms with Crippen LogP contribution in [0.1, 0.15) is 106 Å². The van der Waals surface area contributed by atoms with Crippen LogP contribution in [0.15, 0.2) is 0 Å². The Bertz CT molecular complexity index is 414. The van der Waals surface area contributed by atoms with Gasteiger partial charge in [-0.2, -0.15) is 0 Å². The Morgan fingerprint density at radius 3 is 1.13 bits per heavy atom. The fourth-order valence-electron chi connectivity index (χ4n) is 4.41. The summed E-state index contributed by atoms with van der Waals surface area (Å²) in [4.78, 5) is 24.6. The monoisotopic (exact) mass is 428 g/mol. The Labute approximate surface area is 185 Å². The van der Waals surface area contributed by atoms with Crippen LogP contribution in [0.25, 0.3) is 0 Å². The number of carbonyl (C=O) groups is 2. The first kappa shape index (κ1) is 28.9. The first-order chi connectivity index (χ1) is 14.4. The molecule has 0 aromatic heterocycles. The lowest BCUT2D eigenvalue weighted by Crippen LogP contribution is -2.49. The van der Waals surface area contributed by atoms with Crippen LogP contribution in [0.5, 0.6) is 0 Å². The lowest BCUT2D eigenvalue weighted by atomic mass is 9.86. The maximum Gasteiger partial charge on any atom is 0.246 e. The van der Waals surface area contributed by atoms with Gasteiger partial charge in [-0.3, -0.25) is 9.59 Å². The van der Waals surface area contributed by atoms with Gasteiger partial charge in [-0.15, -0.1) is 0 Å². The number of rotatable bonds is 19. The molecule has 0 saturated heterocycles. The SMILES string of the molecule is CCCC(CC)(CCC)NC(=O)COCCOCC(=O)NC(CC)(CCC)CCC. The van der Waals surface area contributed by atoms with E-state index in [0.29, 0.717) is 13.2 Å². The number of nitrogens with one attached hydrogen (secondary N) is 2. The van der Waals surface area contributed by atoms with Crippen LogP contribution in [0.2, 0.25) is 0 Å². The van der Waals surface area contributed by atoms with Gasteiger partial charge in [-0.1, -0.05) is 67.2 Å². The second kappa shape index (κ2) is 16.5. The van der Waals surface area contributed by atoms with Crippen LogP contribution in [-0.2, 0) is 19.1 Å². The fourth-order valence-corrected chi connectivity index (χ4v) is 4.41. The van der Waals surface area contributed by atoms with Gasteiger partial charge in [0.05, 0.1) is 13.2 Å². The minimum absolute atomic E-state index is 0.0245. The van der Waals surface area contributed by atoms with E-state index in [-0.39, 0.29) is 36.1 Å². The zero-order valence-electron chi connectivity index (χ0n) is 20.5. The molecule has 0 fully saturated rings. The molecule has 0 spiro atoms. The summed E-state index contributed by atoms with van der Waals surface area (Å²) in [6.45, 7) is 13.5. The van der Waals surface area contributed by atoms with E-state index < -0.39 is 0 Å². The lowest BCUT2D eigenvalue weighted by Gasteiger charge is -2.34. The highest BCUT2D eigenvalue weighted by molar-refractivity contribution is 5.78. The van der Waals surface area contributed by atoms with Crippen LogP contribution in [0.3, 0.4) is 0 Å². The molecule has 0 aromatic rings. The van der Waals surface area contributed by atoms with E-state index in [2.05, 4.69) is 52.2 Å². The fraction of sp³-hybridized carbons (Fsp3) is 0.917. The highest BCUT2D eigenvalue weighted by atomic mass is 16.5. The second-order valence-electron chi connectivity index (χ2n) is 8.47. The van der Waals surface area contributed by atoms with Crippen molar-refractivity contribution in [2.75, 3.05) is 26.4 Å². The van der Waals surface area contributed by atoms with E-state index in [1.165, 1.54) is 0 Å². The van der Waals surface area contributed by atoms with Gasteiger partial charge >= 0.3 is 0 Å². The van der Waals surface area contributed by atoms with Crippen molar-refractivity contribution < 1.29 is 19.1 Å². The molecule has 30 heavy (non-hydrogen) atoms. The smallest absolute Gasteiger partial charge is 0.246 e. The third-order valence-electron chi connectivity index (χ3n) is 5.92. The summed E-state index contributed by atoms with van der Waals surface area (Å²) < 4.78 is 10.9. The van der Waals surface area contributed by atoms with Crippen LogP contribution in [0.4, 0.5) is 0 Å². The molecule has 0 radical (unpaired) electrons. The third-order valence-corrected chi connectivity index (χ3v) is 5.92. The van der Waals surface area contributed by atoms with Gasteiger partial charge in [0.2, 0.25) is 11.8 Å². The third kappa shape index (κ3) is 11.3. The molecule has 0 aliphatic carbocycles. The van der Waals surface area contributed by atoms with E-state index in [9.17, 15) is 9.59 Å². The highest BCUT2D eigenvalue weighted by Crippen LogP contribution is 2.24. The molecular formula is C24H48N2O4. The Morgan fingerprint density at radius 1 is 0.600 bits per heavy atom. The molecule has 0 aliphatic rings. The van der Waals surface area contributed by atoms with Crippen molar-refractivity contribution in [2.45, 2.75) is 117 Å². The summed E-state index contributed by atoms with van der Waals surface area (Å²) in [5, 5.41) is 6.36. The average Bonchev–Trinajstić information content (AvgIpc) is 2.71. The summed E-state index contributed by atoms with van der Waals surface area (Å²) in [7, 11) is 0. The van der Waals surface area contributed by atoms with Crippen LogP contribution in [-0.4, -0.2) is 49.3 Å². The van der Waals surface area contributed by atoms with Gasteiger partial charge in [-0.25, -0.2) is 0 Å². The Hall–Kier alpha value is -1.14. The predicted molar refractivity (Wildman–Crippen MR) is 124 cm³/mol. The van der Waals surface area contributed by atoms with Crippen molar-refractivity contribution in [3.05, 3.63) is 0 Å². The van der Waals surface area contributed by atoms with Gasteiger partial charge in [0.1, 0.15) is 13.2 Å². The zero-order chi connectivity index (χ0) is 22.9. The van der Waals surface area contributed by atoms with E-state index in [1.807, 2.05) is 0 Å². The Balaban J connectivity index is 4.20. The average molecular weight is 429 g/mol. The molecule has 0 rings (SSSR count). The van der Waals surface area contributed by atoms with Crippen molar-refractivity contribution in [3.8, 4) is 0 Å². The second-order valence-corrected chi connectivity index (χ2v) is 8.47. The van der Waals surface area contributed by atoms with E-state index >= 15 is 0 Å². The molecule has 178 valence electrons. The Morgan fingerprint density at radius 2 is 0.900 bits per heavy atom. The summed E-state index contributed by atoms with van der Waals surface area (Å²) in [5.74, 6) is -0.160. The normalized spacial score (nSPS) is 12.1. The molecule has 6 nitrogen and oxygen atoms in total. The van der Waals surface area contributed by atoms with Crippen LogP contribution in [0, 0.1) is 0 Å². The molecular weight excluding hydrogens is 380 g/mol. The van der Waals surface area contributed by atoms with Crippen molar-refractivity contribution in [1.29, 1.82) is 0 Å². The topological polar surface area (TPSA) is 76.7 Å². The van der Waals surface area contributed by atoms with Gasteiger partial charge in [0.25, 0.3) is 0 Å². The first-order valence-corrected chi connectivity index (χ1v) is 12.1. The molecule has 0 unspecified atom stereocenters. The van der Waals surface area contributed by atoms with Crippen molar-refractivity contribution >= 4 is 11.8 Å². The molecule has 0 saturated carbocycles. The number of amides is 2. The summed E-state index contributed by atoms with van der Waals surface area (Å²) in [6.07, 6.45) is 9.95. The summed E-state index contributed by atoms with van der Waals surface area (Å²) in [5.41, 5.74) is -0.247. The minimum atomic E-state index is -0.124. The number of hydrogen-bond acceptors (Lipinski definition) is 4. The van der Waals surface area contributed by atoms with Gasteiger partial charge < -0.3 is 20.1 Å². The quantitative estimate of drug-likeness (QED) is 0.291. The number of hydrogen-bond donors (Lipinski definition) is 2. The zero-order valence-corrected chi connectivity index (χ0v) is 20.5. The van der Waals surface area contributed by atoms with Crippen molar-refractivity contribution in [1.82, 2.24) is 10.6 Å². The minimum Gasteiger partial charge on any atom is -0.369 e. The summed E-state index contributed by atoms with van der Waals surface area (Å²) >= 11 is 0. The maximum absolute atomic E-state index is 12.3. The lowest BCUT2D eigenvalue weighted by molar-refractivity contribution is -0.131. The molecule has 0 atom stereocenters. The van der Waals surface area contributed by atoms with Crippen molar-refractivity contribution in [2.24, 2.45) is 0 Å². The van der Waals surface area contributed by atoms with E-state index in [4.69, 9.17) is 9.47 Å². The van der Waals surface area contributed by atoms with Crippen molar-refractivity contribution in [3.63, 3.8) is 0 Å². The number of carbonyl (C=O) groups excluding carboxylic acids is 2. The molecule has 6 heteroatoms. The molecule has 0 bridgehead atoms. The van der Waals surface area contributed by atoms with E-state index in [1.54, 1.807) is 0 Å².